The summed E-state index contributed by atoms with van der Waals surface area (Å²) in [6.45, 7) is 3.54. The predicted octanol–water partition coefficient (Wildman–Crippen LogP) is 2.90. The van der Waals surface area contributed by atoms with Crippen LogP contribution in [0.4, 0.5) is 0 Å². The van der Waals surface area contributed by atoms with E-state index in [1.165, 1.54) is 11.1 Å². The van der Waals surface area contributed by atoms with Gasteiger partial charge >= 0.3 is 0 Å². The zero-order chi connectivity index (χ0) is 15.5. The fourth-order valence-electron chi connectivity index (χ4n) is 2.74. The van der Waals surface area contributed by atoms with Crippen molar-refractivity contribution in [3.8, 4) is 5.75 Å². The normalized spacial score (nSPS) is 11.0. The molecule has 0 bridgehead atoms. The van der Waals surface area contributed by atoms with Crippen LogP contribution in [0.5, 0.6) is 5.75 Å². The summed E-state index contributed by atoms with van der Waals surface area (Å²) >= 11 is 0. The maximum absolute atomic E-state index is 5.75. The first kappa shape index (κ1) is 14.6. The molecule has 0 fully saturated rings. The summed E-state index contributed by atoms with van der Waals surface area (Å²) in [4.78, 5) is 4.74. The molecule has 3 aromatic rings. The largest absolute Gasteiger partial charge is 0.497 e. The van der Waals surface area contributed by atoms with E-state index in [1.807, 2.05) is 12.1 Å². The second kappa shape index (κ2) is 6.20. The van der Waals surface area contributed by atoms with Crippen LogP contribution in [0, 0.1) is 6.92 Å². The Morgan fingerprint density at radius 3 is 2.73 bits per heavy atom. The quantitative estimate of drug-likeness (QED) is 0.787. The monoisotopic (exact) mass is 295 g/mol. The zero-order valence-electron chi connectivity index (χ0n) is 13.0. The molecule has 0 aliphatic heterocycles. The van der Waals surface area contributed by atoms with Gasteiger partial charge in [0.2, 0.25) is 0 Å². The van der Waals surface area contributed by atoms with E-state index in [0.29, 0.717) is 6.54 Å². The SMILES string of the molecule is COc1ccc2c(c1)nc(CCN)n2Cc1ccccc1C. The van der Waals surface area contributed by atoms with Crippen LogP contribution >= 0.6 is 0 Å². The van der Waals surface area contributed by atoms with Crippen LogP contribution in [0.15, 0.2) is 42.5 Å². The summed E-state index contributed by atoms with van der Waals surface area (Å²) in [5, 5.41) is 0. The second-order valence-corrected chi connectivity index (χ2v) is 5.43. The first-order valence-electron chi connectivity index (χ1n) is 7.50. The number of imidazole rings is 1. The van der Waals surface area contributed by atoms with E-state index in [4.69, 9.17) is 15.5 Å². The molecule has 0 spiro atoms. The van der Waals surface area contributed by atoms with Crippen molar-refractivity contribution in [3.63, 3.8) is 0 Å². The number of fused-ring (bicyclic) bond motifs is 1. The summed E-state index contributed by atoms with van der Waals surface area (Å²) in [6.07, 6.45) is 0.767. The van der Waals surface area contributed by atoms with Crippen LogP contribution in [0.2, 0.25) is 0 Å². The number of rotatable bonds is 5. The molecule has 114 valence electrons. The van der Waals surface area contributed by atoms with Gasteiger partial charge in [-0.15, -0.1) is 0 Å². The molecule has 0 aliphatic carbocycles. The third-order valence-electron chi connectivity index (χ3n) is 3.99. The number of benzene rings is 2. The van der Waals surface area contributed by atoms with Gasteiger partial charge in [0, 0.05) is 19.0 Å². The van der Waals surface area contributed by atoms with Crippen molar-refractivity contribution in [3.05, 3.63) is 59.4 Å². The number of hydrogen-bond donors (Lipinski definition) is 1. The molecule has 4 nitrogen and oxygen atoms in total. The van der Waals surface area contributed by atoms with Crippen molar-refractivity contribution in [2.24, 2.45) is 5.73 Å². The number of methoxy groups -OCH3 is 1. The van der Waals surface area contributed by atoms with Crippen LogP contribution in [0.3, 0.4) is 0 Å². The van der Waals surface area contributed by atoms with Crippen molar-refractivity contribution >= 4 is 11.0 Å². The Morgan fingerprint density at radius 2 is 2.00 bits per heavy atom. The van der Waals surface area contributed by atoms with Crippen LogP contribution in [0.1, 0.15) is 17.0 Å². The van der Waals surface area contributed by atoms with Crippen molar-refractivity contribution in [2.75, 3.05) is 13.7 Å². The zero-order valence-corrected chi connectivity index (χ0v) is 13.0. The Kier molecular flexibility index (Phi) is 4.11. The Morgan fingerprint density at radius 1 is 1.18 bits per heavy atom. The third kappa shape index (κ3) is 2.70. The lowest BCUT2D eigenvalue weighted by atomic mass is 10.1. The Bertz CT molecular complexity index is 792. The van der Waals surface area contributed by atoms with Crippen molar-refractivity contribution in [1.82, 2.24) is 9.55 Å². The number of ether oxygens (including phenoxy) is 1. The van der Waals surface area contributed by atoms with E-state index >= 15 is 0 Å². The minimum absolute atomic E-state index is 0.591. The van der Waals surface area contributed by atoms with Gasteiger partial charge in [-0.2, -0.15) is 0 Å². The molecule has 0 aliphatic rings. The average molecular weight is 295 g/mol. The van der Waals surface area contributed by atoms with Gasteiger partial charge < -0.3 is 15.0 Å². The first-order chi connectivity index (χ1) is 10.7. The lowest BCUT2D eigenvalue weighted by Crippen LogP contribution is -2.11. The lowest BCUT2D eigenvalue weighted by Gasteiger charge is -2.11. The van der Waals surface area contributed by atoms with E-state index in [-0.39, 0.29) is 0 Å². The van der Waals surface area contributed by atoms with Crippen molar-refractivity contribution in [2.45, 2.75) is 19.9 Å². The Balaban J connectivity index is 2.09. The predicted molar refractivity (Wildman–Crippen MR) is 89.3 cm³/mol. The number of aromatic nitrogens is 2. The van der Waals surface area contributed by atoms with Gasteiger partial charge in [0.05, 0.1) is 18.1 Å². The highest BCUT2D eigenvalue weighted by Crippen LogP contribution is 2.23. The molecule has 0 saturated heterocycles. The molecule has 1 heterocycles. The number of nitrogens with zero attached hydrogens (tertiary/aromatic N) is 2. The summed E-state index contributed by atoms with van der Waals surface area (Å²) in [6, 6.07) is 14.5. The van der Waals surface area contributed by atoms with Gasteiger partial charge in [-0.3, -0.25) is 0 Å². The highest BCUT2D eigenvalue weighted by atomic mass is 16.5. The summed E-state index contributed by atoms with van der Waals surface area (Å²) in [5.74, 6) is 1.85. The average Bonchev–Trinajstić information content (AvgIpc) is 2.86. The van der Waals surface area contributed by atoms with Crippen LogP contribution in [-0.2, 0) is 13.0 Å². The molecule has 22 heavy (non-hydrogen) atoms. The van der Waals surface area contributed by atoms with Crippen molar-refractivity contribution in [1.29, 1.82) is 0 Å². The lowest BCUT2D eigenvalue weighted by molar-refractivity contribution is 0.415. The van der Waals surface area contributed by atoms with E-state index in [1.54, 1.807) is 7.11 Å². The molecular formula is C18H21N3O. The van der Waals surface area contributed by atoms with E-state index < -0.39 is 0 Å². The molecule has 0 radical (unpaired) electrons. The molecule has 0 unspecified atom stereocenters. The summed E-state index contributed by atoms with van der Waals surface area (Å²) in [7, 11) is 1.67. The van der Waals surface area contributed by atoms with Crippen LogP contribution < -0.4 is 10.5 Å². The molecule has 4 heteroatoms. The van der Waals surface area contributed by atoms with E-state index in [2.05, 4.69) is 41.8 Å². The topological polar surface area (TPSA) is 53.1 Å². The molecule has 2 N–H and O–H groups in total. The summed E-state index contributed by atoms with van der Waals surface area (Å²) in [5.41, 5.74) is 10.4. The molecule has 3 rings (SSSR count). The maximum atomic E-state index is 5.75. The van der Waals surface area contributed by atoms with Gasteiger partial charge in [0.25, 0.3) is 0 Å². The second-order valence-electron chi connectivity index (χ2n) is 5.43. The molecule has 0 atom stereocenters. The Labute approximate surface area is 130 Å². The Hall–Kier alpha value is -2.33. The van der Waals surface area contributed by atoms with Gasteiger partial charge in [-0.25, -0.2) is 4.98 Å². The molecular weight excluding hydrogens is 274 g/mol. The van der Waals surface area contributed by atoms with Gasteiger partial charge in [-0.05, 0) is 36.7 Å². The van der Waals surface area contributed by atoms with Crippen molar-refractivity contribution < 1.29 is 4.74 Å². The number of hydrogen-bond acceptors (Lipinski definition) is 3. The highest BCUT2D eigenvalue weighted by molar-refractivity contribution is 5.78. The fourth-order valence-corrected chi connectivity index (χ4v) is 2.74. The third-order valence-corrected chi connectivity index (χ3v) is 3.99. The van der Waals surface area contributed by atoms with E-state index in [0.717, 1.165) is 35.6 Å². The highest BCUT2D eigenvalue weighted by Gasteiger charge is 2.12. The van der Waals surface area contributed by atoms with Gasteiger partial charge in [0.1, 0.15) is 11.6 Å². The van der Waals surface area contributed by atoms with Gasteiger partial charge in [0.15, 0.2) is 0 Å². The smallest absolute Gasteiger partial charge is 0.121 e. The molecule has 0 saturated carbocycles. The number of nitrogens with two attached hydrogens (primary N) is 1. The molecule has 1 aromatic heterocycles. The van der Waals surface area contributed by atoms with Crippen LogP contribution in [-0.4, -0.2) is 23.2 Å². The van der Waals surface area contributed by atoms with E-state index in [9.17, 15) is 0 Å². The minimum Gasteiger partial charge on any atom is -0.497 e. The fraction of sp³-hybridized carbons (Fsp3) is 0.278. The molecule has 0 amide bonds. The first-order valence-corrected chi connectivity index (χ1v) is 7.50. The maximum Gasteiger partial charge on any atom is 0.121 e. The summed E-state index contributed by atoms with van der Waals surface area (Å²) < 4.78 is 7.55. The van der Waals surface area contributed by atoms with Crippen LogP contribution in [0.25, 0.3) is 11.0 Å². The number of aryl methyl sites for hydroxylation is 1. The minimum atomic E-state index is 0.591. The standard InChI is InChI=1S/C18H21N3O/c1-13-5-3-4-6-14(13)12-21-17-8-7-15(22-2)11-16(17)20-18(21)9-10-19/h3-8,11H,9-10,12,19H2,1-2H3. The van der Waals surface area contributed by atoms with Gasteiger partial charge in [-0.1, -0.05) is 24.3 Å². The molecule has 2 aromatic carbocycles.